The second-order valence-corrected chi connectivity index (χ2v) is 12.6. The molecule has 18 heteroatoms. The van der Waals surface area contributed by atoms with Crippen molar-refractivity contribution in [2.24, 2.45) is 0 Å². The van der Waals surface area contributed by atoms with Crippen molar-refractivity contribution in [3.63, 3.8) is 0 Å². The van der Waals surface area contributed by atoms with Gasteiger partial charge in [0.1, 0.15) is 23.6 Å². The molecule has 3 aromatic rings. The Morgan fingerprint density at radius 3 is 2.09 bits per heavy atom. The van der Waals surface area contributed by atoms with Crippen molar-refractivity contribution in [3.8, 4) is 5.75 Å². The van der Waals surface area contributed by atoms with Crippen LogP contribution in [0.3, 0.4) is 0 Å². The van der Waals surface area contributed by atoms with E-state index in [1.807, 2.05) is 12.1 Å². The molecule has 0 aliphatic carbocycles. The first-order valence-electron chi connectivity index (χ1n) is 14.7. The van der Waals surface area contributed by atoms with Gasteiger partial charge in [-0.3, -0.25) is 4.90 Å². The number of para-hydroxylation sites is 1. The molecule has 2 aromatic carbocycles. The average Bonchev–Trinajstić information content (AvgIpc) is 2.99. The second kappa shape index (κ2) is 20.2. The van der Waals surface area contributed by atoms with Gasteiger partial charge in [0, 0.05) is 77.2 Å². The van der Waals surface area contributed by atoms with Gasteiger partial charge in [0.2, 0.25) is 21.9 Å². The van der Waals surface area contributed by atoms with Crippen LogP contribution in [0.25, 0.3) is 0 Å². The number of piperazine rings is 2. The molecule has 0 atom stereocenters. The summed E-state index contributed by atoms with van der Waals surface area (Å²) in [6.45, 7) is 11.6. The van der Waals surface area contributed by atoms with Crippen molar-refractivity contribution in [2.75, 3.05) is 102 Å². The van der Waals surface area contributed by atoms with E-state index in [1.165, 1.54) is 12.4 Å². The Morgan fingerprint density at radius 2 is 1.43 bits per heavy atom. The van der Waals surface area contributed by atoms with Crippen molar-refractivity contribution in [1.29, 1.82) is 0 Å². The monoisotopic (exact) mass is 754 g/mol. The van der Waals surface area contributed by atoms with Crippen LogP contribution in [0.5, 0.6) is 5.75 Å². The maximum Gasteiger partial charge on any atom is 0.242 e. The molecule has 0 unspecified atom stereocenters. The molecule has 5 rings (SSSR count). The second-order valence-electron chi connectivity index (χ2n) is 10.8. The SMILES string of the molecule is CCNS(=O)(=O)c1ccccc1Nc1ncnc(Nc2ccc(N3CCN(C)CC3)c(OCCN3CCN(C)CC3)c2)n1.Cl.Cl.Cl.Cl. The number of rotatable bonds is 12. The Balaban J connectivity index is 0.00000276. The minimum absolute atomic E-state index is 0. The van der Waals surface area contributed by atoms with Crippen LogP contribution >= 0.6 is 49.6 Å². The van der Waals surface area contributed by atoms with Crippen LogP contribution in [0.1, 0.15) is 6.92 Å². The maximum atomic E-state index is 12.7. The predicted molar refractivity (Wildman–Crippen MR) is 198 cm³/mol. The van der Waals surface area contributed by atoms with E-state index in [0.29, 0.717) is 18.2 Å². The van der Waals surface area contributed by atoms with Gasteiger partial charge in [0.15, 0.2) is 0 Å². The highest BCUT2D eigenvalue weighted by atomic mass is 35.5. The molecule has 2 fully saturated rings. The van der Waals surface area contributed by atoms with Crippen molar-refractivity contribution in [3.05, 3.63) is 48.8 Å². The van der Waals surface area contributed by atoms with Gasteiger partial charge in [0.05, 0.1) is 11.4 Å². The molecule has 0 radical (unpaired) electrons. The zero-order chi connectivity index (χ0) is 30.2. The molecule has 0 bridgehead atoms. The number of anilines is 5. The molecular weight excluding hydrogens is 710 g/mol. The number of hydrogen-bond donors (Lipinski definition) is 3. The quantitative estimate of drug-likeness (QED) is 0.249. The van der Waals surface area contributed by atoms with Crippen molar-refractivity contribution >= 4 is 88.6 Å². The molecule has 3 N–H and O–H groups in total. The van der Waals surface area contributed by atoms with Crippen LogP contribution in [0.15, 0.2) is 53.7 Å². The Bertz CT molecular complexity index is 1480. The minimum Gasteiger partial charge on any atom is -0.490 e. The molecule has 264 valence electrons. The van der Waals surface area contributed by atoms with Crippen LogP contribution < -0.4 is 25.0 Å². The number of ether oxygens (including phenoxy) is 1. The number of sulfonamides is 1. The zero-order valence-electron chi connectivity index (χ0n) is 26.8. The van der Waals surface area contributed by atoms with Crippen molar-refractivity contribution in [1.82, 2.24) is 34.4 Å². The third kappa shape index (κ3) is 11.9. The fourth-order valence-corrected chi connectivity index (χ4v) is 6.31. The smallest absolute Gasteiger partial charge is 0.242 e. The first-order valence-corrected chi connectivity index (χ1v) is 16.2. The summed E-state index contributed by atoms with van der Waals surface area (Å²) in [5.41, 5.74) is 2.22. The number of aromatic nitrogens is 3. The van der Waals surface area contributed by atoms with E-state index in [0.717, 1.165) is 76.0 Å². The molecular formula is C29H46Cl4N10O3S. The van der Waals surface area contributed by atoms with Gasteiger partial charge in [-0.25, -0.2) is 23.1 Å². The highest BCUT2D eigenvalue weighted by Gasteiger charge is 2.20. The number of nitrogens with one attached hydrogen (secondary N) is 3. The van der Waals surface area contributed by atoms with E-state index in [-0.39, 0.29) is 67.0 Å². The van der Waals surface area contributed by atoms with Crippen LogP contribution in [-0.2, 0) is 10.0 Å². The Hall–Kier alpha value is -2.40. The molecule has 2 aliphatic heterocycles. The summed E-state index contributed by atoms with van der Waals surface area (Å²) in [4.78, 5) is 22.6. The highest BCUT2D eigenvalue weighted by Crippen LogP contribution is 2.33. The molecule has 2 aliphatic rings. The number of nitrogens with zero attached hydrogens (tertiary/aromatic N) is 7. The van der Waals surface area contributed by atoms with Crippen molar-refractivity contribution < 1.29 is 13.2 Å². The number of halogens is 4. The van der Waals surface area contributed by atoms with Crippen LogP contribution in [-0.4, -0.2) is 124 Å². The number of hydrogen-bond acceptors (Lipinski definition) is 12. The summed E-state index contributed by atoms with van der Waals surface area (Å²) in [5.74, 6) is 1.35. The largest absolute Gasteiger partial charge is 0.490 e. The van der Waals surface area contributed by atoms with E-state index in [4.69, 9.17) is 4.74 Å². The van der Waals surface area contributed by atoms with Crippen molar-refractivity contribution in [2.45, 2.75) is 11.8 Å². The van der Waals surface area contributed by atoms with E-state index in [1.54, 1.807) is 25.1 Å². The van der Waals surface area contributed by atoms with Crippen LogP contribution in [0.4, 0.5) is 29.0 Å². The average molecular weight is 757 g/mol. The van der Waals surface area contributed by atoms with Gasteiger partial charge in [0.25, 0.3) is 0 Å². The van der Waals surface area contributed by atoms with Gasteiger partial charge >= 0.3 is 0 Å². The molecule has 2 saturated heterocycles. The van der Waals surface area contributed by atoms with E-state index in [2.05, 4.69) is 70.1 Å². The summed E-state index contributed by atoms with van der Waals surface area (Å²) in [6.07, 6.45) is 1.38. The lowest BCUT2D eigenvalue weighted by atomic mass is 10.2. The Morgan fingerprint density at radius 1 is 0.809 bits per heavy atom. The molecule has 47 heavy (non-hydrogen) atoms. The molecule has 3 heterocycles. The third-order valence-electron chi connectivity index (χ3n) is 7.65. The number of benzene rings is 2. The first kappa shape index (κ1) is 42.6. The van der Waals surface area contributed by atoms with E-state index in [9.17, 15) is 8.42 Å². The lowest BCUT2D eigenvalue weighted by molar-refractivity contribution is 0.134. The normalized spacial score (nSPS) is 15.7. The Kier molecular flexibility index (Phi) is 18.3. The Labute approximate surface area is 302 Å². The van der Waals surface area contributed by atoms with Gasteiger partial charge < -0.3 is 30.1 Å². The van der Waals surface area contributed by atoms with Crippen LogP contribution in [0, 0.1) is 0 Å². The van der Waals surface area contributed by atoms with Gasteiger partial charge in [-0.15, -0.1) is 49.6 Å². The zero-order valence-corrected chi connectivity index (χ0v) is 30.9. The molecule has 13 nitrogen and oxygen atoms in total. The fourth-order valence-electron chi connectivity index (χ4n) is 5.11. The summed E-state index contributed by atoms with van der Waals surface area (Å²) >= 11 is 0. The molecule has 0 spiro atoms. The number of likely N-dealkylation sites (N-methyl/N-ethyl adjacent to an activating group) is 2. The fraction of sp³-hybridized carbons (Fsp3) is 0.483. The molecule has 1 aromatic heterocycles. The summed E-state index contributed by atoms with van der Waals surface area (Å²) < 4.78 is 34.3. The van der Waals surface area contributed by atoms with Gasteiger partial charge in [-0.1, -0.05) is 19.1 Å². The summed E-state index contributed by atoms with van der Waals surface area (Å²) in [7, 11) is 0.626. The summed E-state index contributed by atoms with van der Waals surface area (Å²) in [5, 5.41) is 6.29. The minimum atomic E-state index is -3.68. The molecule has 0 amide bonds. The summed E-state index contributed by atoms with van der Waals surface area (Å²) in [6, 6.07) is 12.7. The lowest BCUT2D eigenvalue weighted by Gasteiger charge is -2.35. The van der Waals surface area contributed by atoms with Gasteiger partial charge in [-0.2, -0.15) is 4.98 Å². The third-order valence-corrected chi connectivity index (χ3v) is 9.25. The van der Waals surface area contributed by atoms with Gasteiger partial charge in [-0.05, 0) is 38.4 Å². The standard InChI is InChI=1S/C29H42N10O3S.4ClH/c1-4-32-43(40,41)27-8-6-5-7-24(27)34-29-31-22-30-28(35-29)33-23-9-10-25(39-17-13-37(3)14-18-39)26(21-23)42-20-19-38-15-11-36(2)12-16-38;;;;/h5-10,21-22,32H,4,11-20H2,1-3H3,(H2,30,31,33,34,35);4*1H. The topological polar surface area (TPSA) is 131 Å². The van der Waals surface area contributed by atoms with E-state index < -0.39 is 10.0 Å². The van der Waals surface area contributed by atoms with E-state index >= 15 is 0 Å². The predicted octanol–water partition coefficient (Wildman–Crippen LogP) is 3.72. The highest BCUT2D eigenvalue weighted by molar-refractivity contribution is 7.89. The first-order chi connectivity index (χ1) is 20.8. The maximum absolute atomic E-state index is 12.7. The molecule has 0 saturated carbocycles. The van der Waals surface area contributed by atoms with Crippen LogP contribution in [0.2, 0.25) is 0 Å². The lowest BCUT2D eigenvalue weighted by Crippen LogP contribution is -2.46.